The molecule has 15 heavy (non-hydrogen) atoms. The van der Waals surface area contributed by atoms with Gasteiger partial charge in [0.05, 0.1) is 19.8 Å². The summed E-state index contributed by atoms with van der Waals surface area (Å²) in [6.07, 6.45) is 0.615. The second kappa shape index (κ2) is 5.09. The molecule has 5 nitrogen and oxygen atoms in total. The normalized spacial score (nSPS) is 9.67. The fourth-order valence-corrected chi connectivity index (χ4v) is 0.999. The summed E-state index contributed by atoms with van der Waals surface area (Å²) in [5, 5.41) is 0. The molecule has 0 bridgehead atoms. The lowest BCUT2D eigenvalue weighted by Crippen LogP contribution is -2.13. The second-order valence-electron chi connectivity index (χ2n) is 2.87. The van der Waals surface area contributed by atoms with Crippen molar-refractivity contribution >= 4 is 17.5 Å². The summed E-state index contributed by atoms with van der Waals surface area (Å²) in [6.45, 7) is 0. The van der Waals surface area contributed by atoms with Gasteiger partial charge in [-0.25, -0.2) is 0 Å². The Morgan fingerprint density at radius 3 is 2.60 bits per heavy atom. The van der Waals surface area contributed by atoms with Gasteiger partial charge in [-0.3, -0.25) is 14.4 Å². The predicted molar refractivity (Wildman–Crippen MR) is 49.3 cm³/mol. The van der Waals surface area contributed by atoms with Crippen LogP contribution in [0.15, 0.2) is 22.8 Å². The molecule has 0 aliphatic carbocycles. The third kappa shape index (κ3) is 3.38. The van der Waals surface area contributed by atoms with E-state index in [0.717, 1.165) is 0 Å². The Morgan fingerprint density at radius 1 is 1.33 bits per heavy atom. The summed E-state index contributed by atoms with van der Waals surface area (Å²) in [4.78, 5) is 33.2. The maximum absolute atomic E-state index is 11.3. The van der Waals surface area contributed by atoms with Gasteiger partial charge in [-0.15, -0.1) is 0 Å². The molecular formula is C10H10O5. The molecular weight excluding hydrogens is 200 g/mol. The van der Waals surface area contributed by atoms with E-state index in [2.05, 4.69) is 4.74 Å². The van der Waals surface area contributed by atoms with E-state index in [9.17, 15) is 14.4 Å². The van der Waals surface area contributed by atoms with Gasteiger partial charge in [0.2, 0.25) is 5.78 Å². The van der Waals surface area contributed by atoms with Crippen LogP contribution in [-0.4, -0.2) is 24.6 Å². The van der Waals surface area contributed by atoms with Crippen molar-refractivity contribution in [2.45, 2.75) is 12.8 Å². The van der Waals surface area contributed by atoms with Gasteiger partial charge in [-0.1, -0.05) is 0 Å². The Hall–Kier alpha value is -1.91. The van der Waals surface area contributed by atoms with Crippen molar-refractivity contribution in [2.75, 3.05) is 7.11 Å². The zero-order valence-corrected chi connectivity index (χ0v) is 8.19. The Balaban J connectivity index is 2.45. The Bertz CT molecular complexity index is 363. The van der Waals surface area contributed by atoms with Crippen LogP contribution in [0.4, 0.5) is 0 Å². The smallest absolute Gasteiger partial charge is 0.313 e. The predicted octanol–water partition coefficient (Wildman–Crippen LogP) is 0.985. The molecule has 0 radical (unpaired) electrons. The van der Waals surface area contributed by atoms with E-state index in [1.54, 1.807) is 6.07 Å². The first-order chi connectivity index (χ1) is 7.13. The standard InChI is InChI=1S/C10H10O5/c1-14-10(13)6-7(11)5-8(12)9-3-2-4-15-9/h2-4H,5-6H2,1H3. The van der Waals surface area contributed by atoms with Crippen molar-refractivity contribution in [3.05, 3.63) is 24.2 Å². The first-order valence-corrected chi connectivity index (χ1v) is 4.28. The minimum atomic E-state index is -0.646. The molecule has 1 heterocycles. The van der Waals surface area contributed by atoms with Crippen LogP contribution in [0.2, 0.25) is 0 Å². The Morgan fingerprint density at radius 2 is 2.07 bits per heavy atom. The number of hydrogen-bond donors (Lipinski definition) is 0. The van der Waals surface area contributed by atoms with Gasteiger partial charge in [0.15, 0.2) is 11.5 Å². The molecule has 5 heteroatoms. The summed E-state index contributed by atoms with van der Waals surface area (Å²) in [7, 11) is 1.18. The summed E-state index contributed by atoms with van der Waals surface area (Å²) in [5.74, 6) is -1.45. The van der Waals surface area contributed by atoms with Gasteiger partial charge in [0, 0.05) is 0 Å². The molecule has 1 aromatic heterocycles. The summed E-state index contributed by atoms with van der Waals surface area (Å²) < 4.78 is 9.11. The van der Waals surface area contributed by atoms with Crippen molar-refractivity contribution in [2.24, 2.45) is 0 Å². The van der Waals surface area contributed by atoms with E-state index in [4.69, 9.17) is 4.42 Å². The summed E-state index contributed by atoms with van der Waals surface area (Å²) in [6, 6.07) is 3.02. The maximum Gasteiger partial charge on any atom is 0.313 e. The highest BCUT2D eigenvalue weighted by Crippen LogP contribution is 2.05. The second-order valence-corrected chi connectivity index (χ2v) is 2.87. The number of rotatable bonds is 5. The van der Waals surface area contributed by atoms with E-state index >= 15 is 0 Å². The number of methoxy groups -OCH3 is 1. The highest BCUT2D eigenvalue weighted by molar-refractivity contribution is 6.10. The van der Waals surface area contributed by atoms with Crippen LogP contribution in [0, 0.1) is 0 Å². The van der Waals surface area contributed by atoms with Gasteiger partial charge in [0.25, 0.3) is 0 Å². The van der Waals surface area contributed by atoms with Crippen LogP contribution in [0.5, 0.6) is 0 Å². The van der Waals surface area contributed by atoms with E-state index in [1.165, 1.54) is 19.4 Å². The number of furan rings is 1. The van der Waals surface area contributed by atoms with Crippen LogP contribution < -0.4 is 0 Å². The largest absolute Gasteiger partial charge is 0.469 e. The van der Waals surface area contributed by atoms with Crippen molar-refractivity contribution < 1.29 is 23.5 Å². The van der Waals surface area contributed by atoms with Gasteiger partial charge in [-0.2, -0.15) is 0 Å². The maximum atomic E-state index is 11.3. The first kappa shape index (κ1) is 11.2. The molecule has 0 N–H and O–H groups in total. The molecule has 0 saturated heterocycles. The average Bonchev–Trinajstić information content (AvgIpc) is 2.70. The van der Waals surface area contributed by atoms with Crippen molar-refractivity contribution in [1.82, 2.24) is 0 Å². The van der Waals surface area contributed by atoms with E-state index in [0.29, 0.717) is 0 Å². The lowest BCUT2D eigenvalue weighted by atomic mass is 10.1. The summed E-state index contributed by atoms with van der Waals surface area (Å²) in [5.41, 5.74) is 0. The van der Waals surface area contributed by atoms with Gasteiger partial charge >= 0.3 is 5.97 Å². The lowest BCUT2D eigenvalue weighted by Gasteiger charge is -1.97. The first-order valence-electron chi connectivity index (χ1n) is 4.28. The third-order valence-electron chi connectivity index (χ3n) is 1.72. The highest BCUT2D eigenvalue weighted by atomic mass is 16.5. The number of carbonyl (C=O) groups is 3. The van der Waals surface area contributed by atoms with Crippen LogP contribution >= 0.6 is 0 Å². The molecule has 1 aromatic rings. The SMILES string of the molecule is COC(=O)CC(=O)CC(=O)c1ccco1. The molecule has 0 aliphatic rings. The fraction of sp³-hybridized carbons (Fsp3) is 0.300. The molecule has 80 valence electrons. The third-order valence-corrected chi connectivity index (χ3v) is 1.72. The van der Waals surface area contributed by atoms with E-state index < -0.39 is 17.5 Å². The van der Waals surface area contributed by atoms with Gasteiger partial charge in [0.1, 0.15) is 6.42 Å². The zero-order valence-electron chi connectivity index (χ0n) is 8.19. The Labute approximate surface area is 86.0 Å². The quantitative estimate of drug-likeness (QED) is 0.411. The fourth-order valence-electron chi connectivity index (χ4n) is 0.999. The Kier molecular flexibility index (Phi) is 3.79. The minimum absolute atomic E-state index is 0.119. The molecule has 0 aliphatic heterocycles. The van der Waals surface area contributed by atoms with Crippen LogP contribution in [0.3, 0.4) is 0 Å². The monoisotopic (exact) mass is 210 g/mol. The van der Waals surface area contributed by atoms with Gasteiger partial charge in [-0.05, 0) is 12.1 Å². The van der Waals surface area contributed by atoms with Crippen LogP contribution in [0.1, 0.15) is 23.4 Å². The molecule has 0 aromatic carbocycles. The molecule has 0 saturated carbocycles. The number of hydrogen-bond acceptors (Lipinski definition) is 5. The summed E-state index contributed by atoms with van der Waals surface area (Å²) >= 11 is 0. The molecule has 0 amide bonds. The van der Waals surface area contributed by atoms with E-state index in [1.807, 2.05) is 0 Å². The molecule has 0 atom stereocenters. The average molecular weight is 210 g/mol. The number of carbonyl (C=O) groups excluding carboxylic acids is 3. The molecule has 0 spiro atoms. The van der Waals surface area contributed by atoms with Crippen molar-refractivity contribution in [3.63, 3.8) is 0 Å². The zero-order chi connectivity index (χ0) is 11.3. The number of esters is 1. The van der Waals surface area contributed by atoms with Gasteiger partial charge < -0.3 is 9.15 Å². The molecule has 0 unspecified atom stereocenters. The van der Waals surface area contributed by atoms with Crippen LogP contribution in [0.25, 0.3) is 0 Å². The van der Waals surface area contributed by atoms with Crippen LogP contribution in [-0.2, 0) is 14.3 Å². The number of ether oxygens (including phenoxy) is 1. The van der Waals surface area contributed by atoms with Crippen molar-refractivity contribution in [1.29, 1.82) is 0 Å². The lowest BCUT2D eigenvalue weighted by molar-refractivity contribution is -0.143. The van der Waals surface area contributed by atoms with E-state index in [-0.39, 0.29) is 18.6 Å². The molecule has 1 rings (SSSR count). The molecule has 0 fully saturated rings. The van der Waals surface area contributed by atoms with Crippen molar-refractivity contribution in [3.8, 4) is 0 Å². The number of ketones is 2. The minimum Gasteiger partial charge on any atom is -0.469 e. The highest BCUT2D eigenvalue weighted by Gasteiger charge is 2.16. The topological polar surface area (TPSA) is 73.6 Å². The number of Topliss-reactive ketones (excluding diaryl/α,β-unsaturated/α-hetero) is 2.